The Bertz CT molecular complexity index is 177. The van der Waals surface area contributed by atoms with Crippen LogP contribution < -0.4 is 0 Å². The van der Waals surface area contributed by atoms with E-state index in [1.54, 1.807) is 0 Å². The van der Waals surface area contributed by atoms with Gasteiger partial charge in [-0.25, -0.2) is 0 Å². The summed E-state index contributed by atoms with van der Waals surface area (Å²) in [6.07, 6.45) is 8.37. The second-order valence-corrected chi connectivity index (χ2v) is 6.78. The second kappa shape index (κ2) is 5.32. The molecule has 12 heavy (non-hydrogen) atoms. The Kier molecular flexibility index (Phi) is 5.09. The fourth-order valence-corrected chi connectivity index (χ4v) is 3.74. The van der Waals surface area contributed by atoms with E-state index in [1.807, 2.05) is 0 Å². The summed E-state index contributed by atoms with van der Waals surface area (Å²) in [4.78, 5) is 1.52. The molecule has 0 amide bonds. The third kappa shape index (κ3) is 2.96. The zero-order valence-corrected chi connectivity index (χ0v) is 12.5. The fourth-order valence-electron chi connectivity index (χ4n) is 0.904. The van der Waals surface area contributed by atoms with Crippen molar-refractivity contribution >= 4 is 63.7 Å². The zero-order chi connectivity index (χ0) is 9.14. The molecular weight excluding hydrogens is 416 g/mol. The lowest BCUT2D eigenvalue weighted by molar-refractivity contribution is 0.855. The maximum Gasteiger partial charge on any atom is 0.0465 e. The molecular formula is C8H8Br4. The molecule has 4 heteroatoms. The Labute approximate surface area is 106 Å². The van der Waals surface area contributed by atoms with Crippen LogP contribution in [0, 0.1) is 0 Å². The molecule has 0 saturated carbocycles. The van der Waals surface area contributed by atoms with E-state index in [9.17, 15) is 0 Å². The van der Waals surface area contributed by atoms with Crippen LogP contribution in [0.25, 0.3) is 0 Å². The monoisotopic (exact) mass is 420 g/mol. The van der Waals surface area contributed by atoms with Crippen molar-refractivity contribution in [1.82, 2.24) is 0 Å². The van der Waals surface area contributed by atoms with Crippen LogP contribution in [0.2, 0.25) is 0 Å². The minimum absolute atomic E-state index is 0.367. The number of hydrogen-bond donors (Lipinski definition) is 0. The predicted octanol–water partition coefficient (Wildman–Crippen LogP) is 4.17. The summed E-state index contributed by atoms with van der Waals surface area (Å²) < 4.78 is 0. The van der Waals surface area contributed by atoms with Crippen LogP contribution >= 0.6 is 63.7 Å². The highest BCUT2D eigenvalue weighted by molar-refractivity contribution is 9.14. The number of alkyl halides is 4. The van der Waals surface area contributed by atoms with Gasteiger partial charge < -0.3 is 0 Å². The molecule has 1 aliphatic carbocycles. The molecule has 0 aromatic rings. The van der Waals surface area contributed by atoms with E-state index in [-0.39, 0.29) is 0 Å². The van der Waals surface area contributed by atoms with Crippen LogP contribution in [0.5, 0.6) is 0 Å². The summed E-state index contributed by atoms with van der Waals surface area (Å²) >= 11 is 14.4. The van der Waals surface area contributed by atoms with Crippen molar-refractivity contribution in [3.05, 3.63) is 24.3 Å². The average molecular weight is 424 g/mol. The van der Waals surface area contributed by atoms with Crippen molar-refractivity contribution in [1.29, 1.82) is 0 Å². The molecule has 0 aromatic carbocycles. The summed E-state index contributed by atoms with van der Waals surface area (Å²) in [5.74, 6) is 0. The fraction of sp³-hybridized carbons (Fsp3) is 0.500. The molecule has 0 aliphatic heterocycles. The summed E-state index contributed by atoms with van der Waals surface area (Å²) in [6, 6.07) is 0. The third-order valence-electron chi connectivity index (χ3n) is 1.61. The van der Waals surface area contributed by atoms with Crippen LogP contribution in [-0.4, -0.2) is 19.3 Å². The minimum Gasteiger partial charge on any atom is -0.0862 e. The van der Waals surface area contributed by atoms with Gasteiger partial charge in [0.15, 0.2) is 0 Å². The SMILES string of the molecule is BrC1/C=C\C=C/C(Br)C(Br)C1Br. The minimum atomic E-state index is 0.367. The molecule has 0 fully saturated rings. The molecule has 1 rings (SSSR count). The van der Waals surface area contributed by atoms with Gasteiger partial charge in [0.05, 0.1) is 0 Å². The van der Waals surface area contributed by atoms with E-state index in [2.05, 4.69) is 88.0 Å². The van der Waals surface area contributed by atoms with E-state index < -0.39 is 0 Å². The first kappa shape index (κ1) is 11.5. The highest BCUT2D eigenvalue weighted by Gasteiger charge is 2.26. The van der Waals surface area contributed by atoms with Gasteiger partial charge in [-0.3, -0.25) is 0 Å². The molecule has 0 spiro atoms. The van der Waals surface area contributed by atoms with Crippen LogP contribution in [0.15, 0.2) is 24.3 Å². The van der Waals surface area contributed by atoms with E-state index in [0.29, 0.717) is 19.3 Å². The molecule has 4 atom stereocenters. The van der Waals surface area contributed by atoms with Crippen molar-refractivity contribution in [3.63, 3.8) is 0 Å². The van der Waals surface area contributed by atoms with Crippen LogP contribution in [-0.2, 0) is 0 Å². The number of halogens is 4. The van der Waals surface area contributed by atoms with Gasteiger partial charge in [0.1, 0.15) is 0 Å². The predicted molar refractivity (Wildman–Crippen MR) is 69.1 cm³/mol. The largest absolute Gasteiger partial charge is 0.0862 e. The van der Waals surface area contributed by atoms with Crippen molar-refractivity contribution < 1.29 is 0 Å². The van der Waals surface area contributed by atoms with E-state index >= 15 is 0 Å². The lowest BCUT2D eigenvalue weighted by Crippen LogP contribution is -2.29. The maximum absolute atomic E-state index is 3.64. The number of allylic oxidation sites excluding steroid dienone is 4. The van der Waals surface area contributed by atoms with Gasteiger partial charge in [-0.15, -0.1) is 0 Å². The van der Waals surface area contributed by atoms with E-state index in [0.717, 1.165) is 0 Å². The van der Waals surface area contributed by atoms with Crippen molar-refractivity contribution in [3.8, 4) is 0 Å². The first-order valence-corrected chi connectivity index (χ1v) is 7.20. The van der Waals surface area contributed by atoms with Crippen molar-refractivity contribution in [2.45, 2.75) is 19.3 Å². The van der Waals surface area contributed by atoms with Gasteiger partial charge in [0.25, 0.3) is 0 Å². The maximum atomic E-state index is 3.64. The van der Waals surface area contributed by atoms with Gasteiger partial charge >= 0.3 is 0 Å². The Balaban J connectivity index is 2.78. The van der Waals surface area contributed by atoms with Crippen molar-refractivity contribution in [2.75, 3.05) is 0 Å². The average Bonchev–Trinajstić information content (AvgIpc) is 2.07. The van der Waals surface area contributed by atoms with Gasteiger partial charge in [0.2, 0.25) is 0 Å². The van der Waals surface area contributed by atoms with Crippen LogP contribution in [0.1, 0.15) is 0 Å². The van der Waals surface area contributed by atoms with E-state index in [4.69, 9.17) is 0 Å². The van der Waals surface area contributed by atoms with Crippen LogP contribution in [0.4, 0.5) is 0 Å². The normalized spacial score (nSPS) is 47.7. The molecule has 0 aromatic heterocycles. The molecule has 0 nitrogen and oxygen atoms in total. The standard InChI is InChI=1S/C8H8Br4/c9-5-3-1-2-4-6(10)8(12)7(5)11/h1-8H/b3-1-,4-2-. The molecule has 0 saturated heterocycles. The summed E-state index contributed by atoms with van der Waals surface area (Å²) in [5.41, 5.74) is 0. The second-order valence-electron chi connectivity index (χ2n) is 2.55. The third-order valence-corrected chi connectivity index (χ3v) is 7.77. The van der Waals surface area contributed by atoms with Crippen LogP contribution in [0.3, 0.4) is 0 Å². The molecule has 4 unspecified atom stereocenters. The Morgan fingerprint density at radius 2 is 1.00 bits per heavy atom. The molecule has 0 heterocycles. The van der Waals surface area contributed by atoms with Gasteiger partial charge in [-0.1, -0.05) is 88.0 Å². The topological polar surface area (TPSA) is 0 Å². The summed E-state index contributed by atoms with van der Waals surface area (Å²) in [5, 5.41) is 0. The summed E-state index contributed by atoms with van der Waals surface area (Å²) in [7, 11) is 0. The Morgan fingerprint density at radius 3 is 1.33 bits per heavy atom. The summed E-state index contributed by atoms with van der Waals surface area (Å²) in [6.45, 7) is 0. The number of rotatable bonds is 0. The molecule has 1 aliphatic rings. The molecule has 0 radical (unpaired) electrons. The molecule has 0 N–H and O–H groups in total. The first-order chi connectivity index (χ1) is 5.63. The lowest BCUT2D eigenvalue weighted by Gasteiger charge is -2.23. The molecule has 0 bridgehead atoms. The van der Waals surface area contributed by atoms with Gasteiger partial charge in [-0.05, 0) is 0 Å². The van der Waals surface area contributed by atoms with E-state index in [1.165, 1.54) is 0 Å². The first-order valence-electron chi connectivity index (χ1n) is 3.54. The highest BCUT2D eigenvalue weighted by Crippen LogP contribution is 2.31. The van der Waals surface area contributed by atoms with Gasteiger partial charge in [-0.2, -0.15) is 0 Å². The Hall–Kier alpha value is 1.40. The highest BCUT2D eigenvalue weighted by atomic mass is 79.9. The van der Waals surface area contributed by atoms with Gasteiger partial charge in [0, 0.05) is 19.3 Å². The zero-order valence-electron chi connectivity index (χ0n) is 6.13. The Morgan fingerprint density at radius 1 is 0.667 bits per heavy atom. The van der Waals surface area contributed by atoms with Crippen molar-refractivity contribution in [2.24, 2.45) is 0 Å². The lowest BCUT2D eigenvalue weighted by atomic mass is 10.1. The smallest absolute Gasteiger partial charge is 0.0465 e. The quantitative estimate of drug-likeness (QED) is 0.513. The number of hydrogen-bond acceptors (Lipinski definition) is 0. The molecule has 68 valence electrons.